The van der Waals surface area contributed by atoms with E-state index in [0.717, 1.165) is 22.3 Å². The number of β-amino-alcohol motifs (C(OH)–C–C–N with tert-alkyl or cyclic N) is 1. The summed E-state index contributed by atoms with van der Waals surface area (Å²) < 4.78 is 1.58. The van der Waals surface area contributed by atoms with Crippen LogP contribution in [0, 0.1) is 13.8 Å². The van der Waals surface area contributed by atoms with Crippen molar-refractivity contribution in [2.24, 2.45) is 0 Å². The van der Waals surface area contributed by atoms with Gasteiger partial charge in [-0.15, -0.1) is 0 Å². The first-order valence-electron chi connectivity index (χ1n) is 8.44. The van der Waals surface area contributed by atoms with E-state index < -0.39 is 0 Å². The van der Waals surface area contributed by atoms with Crippen LogP contribution in [0.2, 0.25) is 0 Å². The van der Waals surface area contributed by atoms with Gasteiger partial charge in [0.2, 0.25) is 0 Å². The number of aliphatic hydroxyl groups excluding tert-OH is 1. The summed E-state index contributed by atoms with van der Waals surface area (Å²) in [6, 6.07) is 11.6. The molecule has 6 heteroatoms. The number of para-hydroxylation sites is 1. The average molecular weight is 336 g/mol. The second-order valence-corrected chi connectivity index (χ2v) is 6.55. The molecule has 1 atom stereocenters. The molecule has 0 amide bonds. The van der Waals surface area contributed by atoms with E-state index in [0.29, 0.717) is 31.0 Å². The maximum Gasteiger partial charge on any atom is 0.355 e. The third-order valence-electron chi connectivity index (χ3n) is 4.68. The smallest absolute Gasteiger partial charge is 0.355 e. The number of anilines is 1. The molecule has 1 saturated heterocycles. The van der Waals surface area contributed by atoms with Gasteiger partial charge in [-0.2, -0.15) is 4.98 Å². The van der Waals surface area contributed by atoms with E-state index in [9.17, 15) is 9.90 Å². The topological polar surface area (TPSA) is 71.2 Å². The monoisotopic (exact) mass is 336 g/mol. The van der Waals surface area contributed by atoms with Crippen molar-refractivity contribution >= 4 is 16.9 Å². The minimum absolute atomic E-state index is 0.351. The molecule has 6 nitrogen and oxygen atoms in total. The van der Waals surface area contributed by atoms with Crippen molar-refractivity contribution in [1.29, 1.82) is 0 Å². The molecule has 3 aromatic rings. The summed E-state index contributed by atoms with van der Waals surface area (Å²) in [6.07, 6.45) is 0.303. The summed E-state index contributed by atoms with van der Waals surface area (Å²) in [4.78, 5) is 23.8. The van der Waals surface area contributed by atoms with Crippen molar-refractivity contribution in [2.75, 3.05) is 18.0 Å². The summed E-state index contributed by atoms with van der Waals surface area (Å²) in [5.74, 6) is 0.605. The molecular weight excluding hydrogens is 316 g/mol. The average Bonchev–Trinajstić information content (AvgIpc) is 3.01. The molecule has 1 N–H and O–H groups in total. The number of benzene rings is 1. The molecule has 0 saturated carbocycles. The molecule has 1 aromatic carbocycles. The number of pyridine rings is 1. The predicted octanol–water partition coefficient (Wildman–Crippen LogP) is 1.97. The van der Waals surface area contributed by atoms with Gasteiger partial charge in [0.1, 0.15) is 5.82 Å². The van der Waals surface area contributed by atoms with Crippen LogP contribution in [0.4, 0.5) is 5.82 Å². The highest BCUT2D eigenvalue weighted by Crippen LogP contribution is 2.27. The third kappa shape index (κ3) is 2.68. The van der Waals surface area contributed by atoms with Gasteiger partial charge < -0.3 is 10.0 Å². The zero-order chi connectivity index (χ0) is 17.6. The fourth-order valence-electron chi connectivity index (χ4n) is 3.39. The Morgan fingerprint density at radius 1 is 1.12 bits per heavy atom. The maximum atomic E-state index is 12.9. The normalized spacial score (nSPS) is 17.4. The second-order valence-electron chi connectivity index (χ2n) is 6.55. The number of nitrogens with zero attached hydrogens (tertiary/aromatic N) is 4. The van der Waals surface area contributed by atoms with Crippen LogP contribution in [0.15, 0.2) is 41.2 Å². The van der Waals surface area contributed by atoms with Crippen molar-refractivity contribution in [3.05, 3.63) is 58.1 Å². The third-order valence-corrected chi connectivity index (χ3v) is 4.68. The van der Waals surface area contributed by atoms with Crippen molar-refractivity contribution in [3.8, 4) is 5.69 Å². The summed E-state index contributed by atoms with van der Waals surface area (Å²) >= 11 is 0. The van der Waals surface area contributed by atoms with Gasteiger partial charge in [-0.25, -0.2) is 14.3 Å². The number of hydrogen-bond donors (Lipinski definition) is 1. The minimum Gasteiger partial charge on any atom is -0.391 e. The number of hydrogen-bond acceptors (Lipinski definition) is 5. The lowest BCUT2D eigenvalue weighted by atomic mass is 10.2. The van der Waals surface area contributed by atoms with Gasteiger partial charge in [0.15, 0.2) is 5.65 Å². The van der Waals surface area contributed by atoms with E-state index in [-0.39, 0.29) is 11.8 Å². The van der Waals surface area contributed by atoms with Crippen molar-refractivity contribution in [2.45, 2.75) is 26.4 Å². The van der Waals surface area contributed by atoms with Crippen LogP contribution in [-0.2, 0) is 0 Å². The zero-order valence-corrected chi connectivity index (χ0v) is 14.3. The highest BCUT2D eigenvalue weighted by molar-refractivity contribution is 5.88. The van der Waals surface area contributed by atoms with Crippen molar-refractivity contribution < 1.29 is 5.11 Å². The molecule has 1 fully saturated rings. The molecule has 0 unspecified atom stereocenters. The fourth-order valence-corrected chi connectivity index (χ4v) is 3.39. The van der Waals surface area contributed by atoms with Gasteiger partial charge in [0.25, 0.3) is 0 Å². The molecule has 3 heterocycles. The minimum atomic E-state index is -0.381. The van der Waals surface area contributed by atoms with E-state index in [4.69, 9.17) is 0 Å². The number of aliphatic hydroxyl groups is 1. The summed E-state index contributed by atoms with van der Waals surface area (Å²) in [6.45, 7) is 5.05. The van der Waals surface area contributed by atoms with E-state index in [2.05, 4.69) is 9.97 Å². The molecule has 4 rings (SSSR count). The highest BCUT2D eigenvalue weighted by atomic mass is 16.3. The van der Waals surface area contributed by atoms with Gasteiger partial charge in [0.05, 0.1) is 17.2 Å². The number of rotatable bonds is 2. The molecule has 25 heavy (non-hydrogen) atoms. The van der Waals surface area contributed by atoms with Crippen LogP contribution in [0.25, 0.3) is 16.7 Å². The lowest BCUT2D eigenvalue weighted by Gasteiger charge is -2.20. The van der Waals surface area contributed by atoms with E-state index in [1.54, 1.807) is 4.57 Å². The Labute approximate surface area is 145 Å². The van der Waals surface area contributed by atoms with E-state index in [1.165, 1.54) is 0 Å². The Bertz CT molecular complexity index is 1010. The molecule has 0 radical (unpaired) electrons. The predicted molar refractivity (Wildman–Crippen MR) is 97.4 cm³/mol. The molecule has 0 bridgehead atoms. The van der Waals surface area contributed by atoms with E-state index in [1.807, 2.05) is 55.1 Å². The lowest BCUT2D eigenvalue weighted by Crippen LogP contribution is -2.29. The zero-order valence-electron chi connectivity index (χ0n) is 14.3. The first-order chi connectivity index (χ1) is 12.0. The fraction of sp³-hybridized carbons (Fsp3) is 0.316. The Balaban J connectivity index is 2.03. The Kier molecular flexibility index (Phi) is 3.77. The Hall–Kier alpha value is -2.73. The first-order valence-corrected chi connectivity index (χ1v) is 8.44. The Morgan fingerprint density at radius 2 is 1.92 bits per heavy atom. The number of aryl methyl sites for hydroxylation is 2. The largest absolute Gasteiger partial charge is 0.391 e. The quantitative estimate of drug-likeness (QED) is 0.775. The van der Waals surface area contributed by atoms with Crippen LogP contribution in [0.3, 0.4) is 0 Å². The van der Waals surface area contributed by atoms with Gasteiger partial charge in [0, 0.05) is 18.8 Å². The maximum absolute atomic E-state index is 12.9. The van der Waals surface area contributed by atoms with Crippen LogP contribution >= 0.6 is 0 Å². The molecule has 0 aliphatic carbocycles. The standard InChI is InChI=1S/C19H20N4O2/c1-12-5-3-4-6-16(12)23-18-15(8-7-13(2)20-18)17(21-19(23)25)22-10-9-14(24)11-22/h3-8,14,24H,9-11H2,1-2H3/t14-/m1/s1. The van der Waals surface area contributed by atoms with Crippen LogP contribution in [-0.4, -0.2) is 38.8 Å². The molecule has 128 valence electrons. The number of fused-ring (bicyclic) bond motifs is 1. The van der Waals surface area contributed by atoms with Crippen LogP contribution in [0.5, 0.6) is 0 Å². The Morgan fingerprint density at radius 3 is 2.64 bits per heavy atom. The summed E-state index contributed by atoms with van der Waals surface area (Å²) in [5.41, 5.74) is 2.87. The van der Waals surface area contributed by atoms with Gasteiger partial charge in [-0.3, -0.25) is 0 Å². The molecular formula is C19H20N4O2. The summed E-state index contributed by atoms with van der Waals surface area (Å²) in [5, 5.41) is 10.7. The van der Waals surface area contributed by atoms with Gasteiger partial charge in [-0.05, 0) is 44.0 Å². The molecule has 1 aliphatic rings. The lowest BCUT2D eigenvalue weighted by molar-refractivity contribution is 0.198. The summed E-state index contributed by atoms with van der Waals surface area (Å²) in [7, 11) is 0. The van der Waals surface area contributed by atoms with Crippen molar-refractivity contribution in [3.63, 3.8) is 0 Å². The van der Waals surface area contributed by atoms with Crippen LogP contribution < -0.4 is 10.6 Å². The van der Waals surface area contributed by atoms with E-state index >= 15 is 0 Å². The number of aromatic nitrogens is 3. The van der Waals surface area contributed by atoms with Crippen molar-refractivity contribution in [1.82, 2.24) is 14.5 Å². The first kappa shape index (κ1) is 15.8. The molecule has 1 aliphatic heterocycles. The second kappa shape index (κ2) is 5.97. The molecule has 0 spiro atoms. The SMILES string of the molecule is Cc1ccc2c(N3CC[C@@H](O)C3)nc(=O)n(-c3ccccc3C)c2n1. The van der Waals surface area contributed by atoms with Gasteiger partial charge >= 0.3 is 5.69 Å². The molecule has 2 aromatic heterocycles. The van der Waals surface area contributed by atoms with Crippen LogP contribution in [0.1, 0.15) is 17.7 Å². The van der Waals surface area contributed by atoms with Gasteiger partial charge in [-0.1, -0.05) is 18.2 Å². The highest BCUT2D eigenvalue weighted by Gasteiger charge is 2.25.